The quantitative estimate of drug-likeness (QED) is 0.853. The molecule has 1 atom stereocenters. The number of halogens is 3. The van der Waals surface area contributed by atoms with Crippen molar-refractivity contribution in [1.29, 1.82) is 0 Å². The summed E-state index contributed by atoms with van der Waals surface area (Å²) in [6.07, 6.45) is -4.01. The lowest BCUT2D eigenvalue weighted by Crippen LogP contribution is -2.28. The lowest BCUT2D eigenvalue weighted by atomic mass is 10.1. The molecule has 0 radical (unpaired) electrons. The first-order valence-electron chi connectivity index (χ1n) is 6.26. The maximum Gasteiger partial charge on any atom is 0.433 e. The molecule has 1 fully saturated rings. The number of aromatic nitrogens is 1. The van der Waals surface area contributed by atoms with Crippen LogP contribution in [-0.2, 0) is 11.0 Å². The molecular weight excluding hydrogens is 271 g/mol. The van der Waals surface area contributed by atoms with Crippen molar-refractivity contribution in [2.45, 2.75) is 12.6 Å². The fraction of sp³-hybridized carbons (Fsp3) is 0.538. The summed E-state index contributed by atoms with van der Waals surface area (Å²) in [7, 11) is 3.41. The molecular formula is C13H16F3N3O. The van der Waals surface area contributed by atoms with Gasteiger partial charge in [0.25, 0.3) is 0 Å². The number of carbonyl (C=O) groups is 1. The topological polar surface area (TPSA) is 36.4 Å². The second-order valence-electron chi connectivity index (χ2n) is 5.10. The van der Waals surface area contributed by atoms with Crippen molar-refractivity contribution in [3.63, 3.8) is 0 Å². The fourth-order valence-corrected chi connectivity index (χ4v) is 2.35. The SMILES string of the molecule is CN1CC(CN(C)c2cccc(C(F)(F)F)n2)CC1=O. The molecule has 0 aliphatic carbocycles. The van der Waals surface area contributed by atoms with Crippen molar-refractivity contribution >= 4 is 11.7 Å². The molecule has 2 rings (SSSR count). The Morgan fingerprint density at radius 2 is 2.15 bits per heavy atom. The van der Waals surface area contributed by atoms with Gasteiger partial charge in [-0.05, 0) is 12.1 Å². The van der Waals surface area contributed by atoms with Crippen LogP contribution in [-0.4, -0.2) is 43.0 Å². The van der Waals surface area contributed by atoms with Gasteiger partial charge < -0.3 is 9.80 Å². The predicted molar refractivity (Wildman–Crippen MR) is 68.3 cm³/mol. The number of carbonyl (C=O) groups excluding carboxylic acids is 1. The summed E-state index contributed by atoms with van der Waals surface area (Å²) in [5.41, 5.74) is -0.901. The Morgan fingerprint density at radius 1 is 1.45 bits per heavy atom. The van der Waals surface area contributed by atoms with Crippen molar-refractivity contribution in [3.8, 4) is 0 Å². The number of nitrogens with zero attached hydrogens (tertiary/aromatic N) is 3. The average Bonchev–Trinajstić information content (AvgIpc) is 2.67. The van der Waals surface area contributed by atoms with Gasteiger partial charge in [0, 0.05) is 39.5 Å². The molecule has 0 aromatic carbocycles. The largest absolute Gasteiger partial charge is 0.433 e. The number of alkyl halides is 3. The predicted octanol–water partition coefficient (Wildman–Crippen LogP) is 2.01. The number of likely N-dealkylation sites (tertiary alicyclic amines) is 1. The Kier molecular flexibility index (Phi) is 3.87. The minimum Gasteiger partial charge on any atom is -0.359 e. The number of anilines is 1. The molecule has 1 aromatic rings. The standard InChI is InChI=1S/C13H16F3N3O/c1-18(7-9-6-12(20)19(2)8-9)11-5-3-4-10(17-11)13(14,15)16/h3-5,9H,6-8H2,1-2H3. The van der Waals surface area contributed by atoms with Crippen LogP contribution in [0.5, 0.6) is 0 Å². The van der Waals surface area contributed by atoms with E-state index in [2.05, 4.69) is 4.98 Å². The summed E-state index contributed by atoms with van der Waals surface area (Å²) in [5, 5.41) is 0. The molecule has 1 saturated heterocycles. The molecule has 0 N–H and O–H groups in total. The van der Waals surface area contributed by atoms with E-state index in [1.54, 1.807) is 23.9 Å². The Hall–Kier alpha value is -1.79. The van der Waals surface area contributed by atoms with Crippen molar-refractivity contribution < 1.29 is 18.0 Å². The Labute approximate surface area is 115 Å². The van der Waals surface area contributed by atoms with Crippen LogP contribution in [0.2, 0.25) is 0 Å². The number of rotatable bonds is 3. The van der Waals surface area contributed by atoms with Crippen molar-refractivity contribution in [2.75, 3.05) is 32.1 Å². The van der Waals surface area contributed by atoms with Crippen LogP contribution in [0.3, 0.4) is 0 Å². The molecule has 1 aromatic heterocycles. The van der Waals surface area contributed by atoms with Gasteiger partial charge in [-0.15, -0.1) is 0 Å². The zero-order valence-corrected chi connectivity index (χ0v) is 11.3. The van der Waals surface area contributed by atoms with E-state index in [4.69, 9.17) is 0 Å². The summed E-state index contributed by atoms with van der Waals surface area (Å²) >= 11 is 0. The highest BCUT2D eigenvalue weighted by Crippen LogP contribution is 2.29. The van der Waals surface area contributed by atoms with Crippen LogP contribution in [0.1, 0.15) is 12.1 Å². The van der Waals surface area contributed by atoms with Crippen molar-refractivity contribution in [2.24, 2.45) is 5.92 Å². The first kappa shape index (κ1) is 14.6. The number of amides is 1. The van der Waals surface area contributed by atoms with E-state index in [0.29, 0.717) is 19.5 Å². The van der Waals surface area contributed by atoms with Crippen LogP contribution in [0.15, 0.2) is 18.2 Å². The number of hydrogen-bond acceptors (Lipinski definition) is 3. The van der Waals surface area contributed by atoms with E-state index in [-0.39, 0.29) is 17.6 Å². The molecule has 0 bridgehead atoms. The molecule has 1 aliphatic heterocycles. The van der Waals surface area contributed by atoms with Gasteiger partial charge in [-0.1, -0.05) is 6.07 Å². The van der Waals surface area contributed by atoms with Crippen LogP contribution in [0.4, 0.5) is 19.0 Å². The normalized spacial score (nSPS) is 19.6. The first-order chi connectivity index (χ1) is 9.27. The third kappa shape index (κ3) is 3.20. The van der Waals surface area contributed by atoms with Gasteiger partial charge in [-0.2, -0.15) is 13.2 Å². The summed E-state index contributed by atoms with van der Waals surface area (Å²) in [5.74, 6) is 0.455. The van der Waals surface area contributed by atoms with Gasteiger partial charge in [0.1, 0.15) is 11.5 Å². The summed E-state index contributed by atoms with van der Waals surface area (Å²) in [6, 6.07) is 3.83. The summed E-state index contributed by atoms with van der Waals surface area (Å²) in [6.45, 7) is 1.13. The Morgan fingerprint density at radius 3 is 2.70 bits per heavy atom. The molecule has 0 spiro atoms. The third-order valence-electron chi connectivity index (χ3n) is 3.37. The van der Waals surface area contributed by atoms with Gasteiger partial charge in [-0.25, -0.2) is 4.98 Å². The van der Waals surface area contributed by atoms with Crippen LogP contribution < -0.4 is 4.90 Å². The smallest absolute Gasteiger partial charge is 0.359 e. The highest BCUT2D eigenvalue weighted by Gasteiger charge is 2.33. The molecule has 110 valence electrons. The van der Waals surface area contributed by atoms with Gasteiger partial charge >= 0.3 is 6.18 Å². The summed E-state index contributed by atoms with van der Waals surface area (Å²) in [4.78, 5) is 18.4. The lowest BCUT2D eigenvalue weighted by molar-refractivity contribution is -0.141. The van der Waals surface area contributed by atoms with Crippen LogP contribution in [0.25, 0.3) is 0 Å². The zero-order valence-electron chi connectivity index (χ0n) is 11.3. The maximum atomic E-state index is 12.6. The Bertz CT molecular complexity index is 504. The van der Waals surface area contributed by atoms with Gasteiger partial charge in [0.2, 0.25) is 5.91 Å². The van der Waals surface area contributed by atoms with Crippen molar-refractivity contribution in [3.05, 3.63) is 23.9 Å². The fourth-order valence-electron chi connectivity index (χ4n) is 2.35. The maximum absolute atomic E-state index is 12.6. The van der Waals surface area contributed by atoms with Crippen molar-refractivity contribution in [1.82, 2.24) is 9.88 Å². The zero-order chi connectivity index (χ0) is 14.9. The molecule has 20 heavy (non-hydrogen) atoms. The van der Waals surface area contributed by atoms with E-state index in [9.17, 15) is 18.0 Å². The average molecular weight is 287 g/mol. The molecule has 0 saturated carbocycles. The van der Waals surface area contributed by atoms with E-state index in [1.165, 1.54) is 12.1 Å². The first-order valence-corrected chi connectivity index (χ1v) is 6.26. The van der Waals surface area contributed by atoms with Crippen LogP contribution >= 0.6 is 0 Å². The highest BCUT2D eigenvalue weighted by atomic mass is 19.4. The number of hydrogen-bond donors (Lipinski definition) is 0. The second kappa shape index (κ2) is 5.30. The number of pyridine rings is 1. The van der Waals surface area contributed by atoms with E-state index >= 15 is 0 Å². The monoisotopic (exact) mass is 287 g/mol. The van der Waals surface area contributed by atoms with E-state index in [0.717, 1.165) is 6.07 Å². The molecule has 7 heteroatoms. The molecule has 4 nitrogen and oxygen atoms in total. The molecule has 1 amide bonds. The van der Waals surface area contributed by atoms with Gasteiger partial charge in [0.05, 0.1) is 0 Å². The van der Waals surface area contributed by atoms with E-state index < -0.39 is 11.9 Å². The van der Waals surface area contributed by atoms with Crippen LogP contribution in [0, 0.1) is 5.92 Å². The summed E-state index contributed by atoms with van der Waals surface area (Å²) < 4.78 is 37.8. The minimum atomic E-state index is -4.44. The second-order valence-corrected chi connectivity index (χ2v) is 5.10. The van der Waals surface area contributed by atoms with E-state index in [1.807, 2.05) is 0 Å². The third-order valence-corrected chi connectivity index (χ3v) is 3.37. The molecule has 1 aliphatic rings. The Balaban J connectivity index is 2.06. The molecule has 2 heterocycles. The highest BCUT2D eigenvalue weighted by molar-refractivity contribution is 5.78. The minimum absolute atomic E-state index is 0.0698. The lowest BCUT2D eigenvalue weighted by Gasteiger charge is -2.22. The van der Waals surface area contributed by atoms with Gasteiger partial charge in [0.15, 0.2) is 0 Å². The molecule has 1 unspecified atom stereocenters. The van der Waals surface area contributed by atoms with Gasteiger partial charge in [-0.3, -0.25) is 4.79 Å².